The monoisotopic (exact) mass is 394 g/mol. The van der Waals surface area contributed by atoms with Crippen molar-refractivity contribution in [2.75, 3.05) is 18.4 Å². The second-order valence-electron chi connectivity index (χ2n) is 6.82. The smallest absolute Gasteiger partial charge is 0.225 e. The van der Waals surface area contributed by atoms with Gasteiger partial charge in [0.2, 0.25) is 5.91 Å². The zero-order valence-electron chi connectivity index (χ0n) is 14.9. The summed E-state index contributed by atoms with van der Waals surface area (Å²) in [6.07, 6.45) is 5.20. The molecule has 1 fully saturated rings. The third kappa shape index (κ3) is 5.00. The predicted octanol–water partition coefficient (Wildman–Crippen LogP) is 4.98. The standard InChI is InChI=1S/C19H24Cl2N4O/c1-13-5-2-3-9-25(13)10-4-6-19(26)22-18-12-17(23-24-18)15-8-7-14(20)11-16(15)21/h7-8,11-13H,2-6,9-10H2,1H3,(H2,22,23,24,26)/t13-/m0/s1. The van der Waals surface area contributed by atoms with Gasteiger partial charge in [0.05, 0.1) is 10.7 Å². The number of rotatable bonds is 6. The maximum atomic E-state index is 12.2. The number of aromatic nitrogens is 2. The second-order valence-corrected chi connectivity index (χ2v) is 7.67. The van der Waals surface area contributed by atoms with E-state index in [2.05, 4.69) is 27.3 Å². The number of likely N-dealkylation sites (tertiary alicyclic amines) is 1. The maximum absolute atomic E-state index is 12.2. The molecule has 0 aliphatic carbocycles. The summed E-state index contributed by atoms with van der Waals surface area (Å²) in [4.78, 5) is 14.7. The first-order valence-corrected chi connectivity index (χ1v) is 9.83. The van der Waals surface area contributed by atoms with E-state index in [9.17, 15) is 4.79 Å². The SMILES string of the molecule is C[C@H]1CCCCN1CCCC(=O)Nc1cc(-c2ccc(Cl)cc2Cl)n[nH]1. The van der Waals surface area contributed by atoms with Crippen LogP contribution in [-0.2, 0) is 4.79 Å². The van der Waals surface area contributed by atoms with Gasteiger partial charge in [-0.25, -0.2) is 0 Å². The van der Waals surface area contributed by atoms with Crippen LogP contribution in [0.1, 0.15) is 39.0 Å². The van der Waals surface area contributed by atoms with Gasteiger partial charge in [-0.05, 0) is 57.5 Å². The summed E-state index contributed by atoms with van der Waals surface area (Å²) in [7, 11) is 0. The number of carbonyl (C=O) groups excluding carboxylic acids is 1. The number of aromatic amines is 1. The normalized spacial score (nSPS) is 18.0. The number of carbonyl (C=O) groups is 1. The molecule has 7 heteroatoms. The zero-order valence-corrected chi connectivity index (χ0v) is 16.4. The molecule has 2 heterocycles. The molecular formula is C19H24Cl2N4O. The van der Waals surface area contributed by atoms with Gasteiger partial charge >= 0.3 is 0 Å². The van der Waals surface area contributed by atoms with E-state index in [4.69, 9.17) is 23.2 Å². The number of piperidine rings is 1. The molecule has 140 valence electrons. The van der Waals surface area contributed by atoms with Crippen LogP contribution >= 0.6 is 23.2 Å². The van der Waals surface area contributed by atoms with E-state index in [1.807, 2.05) is 6.07 Å². The van der Waals surface area contributed by atoms with E-state index in [1.165, 1.54) is 19.3 Å². The van der Waals surface area contributed by atoms with Crippen molar-refractivity contribution >= 4 is 34.9 Å². The number of nitrogens with zero attached hydrogens (tertiary/aromatic N) is 2. The summed E-state index contributed by atoms with van der Waals surface area (Å²) in [6, 6.07) is 7.65. The fourth-order valence-electron chi connectivity index (χ4n) is 3.37. The first kappa shape index (κ1) is 19.2. The third-order valence-electron chi connectivity index (χ3n) is 4.85. The largest absolute Gasteiger partial charge is 0.311 e. The Labute approximate surface area is 164 Å². The second kappa shape index (κ2) is 8.89. The van der Waals surface area contributed by atoms with Crippen LogP contribution in [0.5, 0.6) is 0 Å². The molecule has 1 atom stereocenters. The highest BCUT2D eigenvalue weighted by Gasteiger charge is 2.18. The first-order valence-electron chi connectivity index (χ1n) is 9.07. The molecule has 1 aromatic heterocycles. The molecule has 0 saturated carbocycles. The average Bonchev–Trinajstić information content (AvgIpc) is 3.04. The minimum Gasteiger partial charge on any atom is -0.311 e. The molecule has 1 amide bonds. The predicted molar refractivity (Wildman–Crippen MR) is 107 cm³/mol. The summed E-state index contributed by atoms with van der Waals surface area (Å²) < 4.78 is 0. The van der Waals surface area contributed by atoms with Crippen LogP contribution in [-0.4, -0.2) is 40.1 Å². The molecule has 0 unspecified atom stereocenters. The van der Waals surface area contributed by atoms with E-state index in [0.717, 1.165) is 25.1 Å². The van der Waals surface area contributed by atoms with Crippen LogP contribution in [0.3, 0.4) is 0 Å². The van der Waals surface area contributed by atoms with E-state index < -0.39 is 0 Å². The van der Waals surface area contributed by atoms with Gasteiger partial charge in [-0.1, -0.05) is 29.6 Å². The summed E-state index contributed by atoms with van der Waals surface area (Å²) in [6.45, 7) is 4.39. The van der Waals surface area contributed by atoms with E-state index in [1.54, 1.807) is 18.2 Å². The Hall–Kier alpha value is -1.56. The lowest BCUT2D eigenvalue weighted by atomic mass is 10.0. The Morgan fingerprint density at radius 3 is 2.96 bits per heavy atom. The quantitative estimate of drug-likeness (QED) is 0.726. The van der Waals surface area contributed by atoms with Gasteiger partial charge in [0.1, 0.15) is 5.82 Å². The molecule has 1 saturated heterocycles. The van der Waals surface area contributed by atoms with Crippen molar-refractivity contribution in [3.63, 3.8) is 0 Å². The lowest BCUT2D eigenvalue weighted by Gasteiger charge is -2.33. The average molecular weight is 395 g/mol. The highest BCUT2D eigenvalue weighted by Crippen LogP contribution is 2.30. The number of amides is 1. The highest BCUT2D eigenvalue weighted by molar-refractivity contribution is 6.36. The Balaban J connectivity index is 1.50. The minimum absolute atomic E-state index is 0.00735. The molecule has 1 aromatic carbocycles. The van der Waals surface area contributed by atoms with Crippen molar-refractivity contribution in [1.29, 1.82) is 0 Å². The molecule has 0 spiro atoms. The molecule has 2 N–H and O–H groups in total. The summed E-state index contributed by atoms with van der Waals surface area (Å²) >= 11 is 12.1. The van der Waals surface area contributed by atoms with E-state index in [0.29, 0.717) is 34.0 Å². The topological polar surface area (TPSA) is 61.0 Å². The molecule has 2 aromatic rings. The van der Waals surface area contributed by atoms with Crippen LogP contribution < -0.4 is 5.32 Å². The van der Waals surface area contributed by atoms with Crippen LogP contribution in [0.25, 0.3) is 11.3 Å². The molecule has 1 aliphatic rings. The van der Waals surface area contributed by atoms with Gasteiger partial charge in [-0.2, -0.15) is 5.10 Å². The first-order chi connectivity index (χ1) is 12.5. The van der Waals surface area contributed by atoms with Gasteiger partial charge < -0.3 is 10.2 Å². The van der Waals surface area contributed by atoms with Crippen LogP contribution in [0.4, 0.5) is 5.82 Å². The number of halogens is 2. The molecule has 3 rings (SSSR count). The zero-order chi connectivity index (χ0) is 18.5. The number of nitrogens with one attached hydrogen (secondary N) is 2. The van der Waals surface area contributed by atoms with Gasteiger partial charge in [-0.3, -0.25) is 9.89 Å². The van der Waals surface area contributed by atoms with Crippen LogP contribution in [0.2, 0.25) is 10.0 Å². The molecule has 26 heavy (non-hydrogen) atoms. The van der Waals surface area contributed by atoms with Gasteiger partial charge in [-0.15, -0.1) is 0 Å². The third-order valence-corrected chi connectivity index (χ3v) is 5.40. The van der Waals surface area contributed by atoms with Gasteiger partial charge in [0, 0.05) is 29.1 Å². The molecular weight excluding hydrogens is 371 g/mol. The molecule has 5 nitrogen and oxygen atoms in total. The van der Waals surface area contributed by atoms with Crippen molar-refractivity contribution in [3.05, 3.63) is 34.3 Å². The summed E-state index contributed by atoms with van der Waals surface area (Å²) in [5.41, 5.74) is 1.44. The van der Waals surface area contributed by atoms with Crippen molar-refractivity contribution < 1.29 is 4.79 Å². The Morgan fingerprint density at radius 2 is 2.19 bits per heavy atom. The Bertz CT molecular complexity index is 762. The van der Waals surface area contributed by atoms with E-state index >= 15 is 0 Å². The number of hydrogen-bond acceptors (Lipinski definition) is 3. The summed E-state index contributed by atoms with van der Waals surface area (Å²) in [5.74, 6) is 0.564. The molecule has 1 aliphatic heterocycles. The van der Waals surface area contributed by atoms with Crippen molar-refractivity contribution in [2.24, 2.45) is 0 Å². The van der Waals surface area contributed by atoms with Crippen LogP contribution in [0.15, 0.2) is 24.3 Å². The van der Waals surface area contributed by atoms with Gasteiger partial charge in [0.25, 0.3) is 0 Å². The highest BCUT2D eigenvalue weighted by atomic mass is 35.5. The lowest BCUT2D eigenvalue weighted by Crippen LogP contribution is -2.38. The lowest BCUT2D eigenvalue weighted by molar-refractivity contribution is -0.116. The number of hydrogen-bond donors (Lipinski definition) is 2. The number of anilines is 1. The number of H-pyrrole nitrogens is 1. The maximum Gasteiger partial charge on any atom is 0.225 e. The van der Waals surface area contributed by atoms with Crippen molar-refractivity contribution in [3.8, 4) is 11.3 Å². The molecule has 0 radical (unpaired) electrons. The number of benzene rings is 1. The minimum atomic E-state index is -0.00735. The Morgan fingerprint density at radius 1 is 1.35 bits per heavy atom. The fraction of sp³-hybridized carbons (Fsp3) is 0.474. The van der Waals surface area contributed by atoms with Crippen LogP contribution in [0, 0.1) is 0 Å². The van der Waals surface area contributed by atoms with Crippen molar-refractivity contribution in [2.45, 2.75) is 45.1 Å². The Kier molecular flexibility index (Phi) is 6.57. The van der Waals surface area contributed by atoms with Crippen molar-refractivity contribution in [1.82, 2.24) is 15.1 Å². The molecule has 0 bridgehead atoms. The van der Waals surface area contributed by atoms with Gasteiger partial charge in [0.15, 0.2) is 0 Å². The van der Waals surface area contributed by atoms with E-state index in [-0.39, 0.29) is 5.91 Å². The summed E-state index contributed by atoms with van der Waals surface area (Å²) in [5, 5.41) is 11.0. The fourth-order valence-corrected chi connectivity index (χ4v) is 3.87.